The molecule has 0 radical (unpaired) electrons. The standard InChI is InChI=1S/C46H36N6/c1-48-40-25-15-27-42(31-40)52-34-50(44(37-19-8-3-9-20-37)46(52)39-23-12-5-13-24-39)29-28-49-33-51(41-26-14-16-35(30-41)32-47)45(38-21-10-4-11-22-38)43(49)36-17-6-2-7-18-36/h2-27,30-31H,28-29,33-34H2. The van der Waals surface area contributed by atoms with Crippen LogP contribution in [0.25, 0.3) is 27.6 Å². The molecule has 6 nitrogen and oxygen atoms in total. The highest BCUT2D eigenvalue weighted by Gasteiger charge is 2.35. The molecule has 6 aromatic carbocycles. The number of hydrogen-bond donors (Lipinski definition) is 0. The van der Waals surface area contributed by atoms with Crippen LogP contribution in [0.5, 0.6) is 0 Å². The zero-order valence-corrected chi connectivity index (χ0v) is 28.7. The van der Waals surface area contributed by atoms with Gasteiger partial charge in [-0.25, -0.2) is 4.85 Å². The third kappa shape index (κ3) is 6.26. The lowest BCUT2D eigenvalue weighted by Crippen LogP contribution is -2.36. The van der Waals surface area contributed by atoms with Crippen LogP contribution in [-0.2, 0) is 0 Å². The molecule has 6 aromatic rings. The molecule has 0 saturated heterocycles. The van der Waals surface area contributed by atoms with E-state index in [0.717, 1.165) is 69.5 Å². The van der Waals surface area contributed by atoms with Crippen molar-refractivity contribution in [1.29, 1.82) is 5.26 Å². The van der Waals surface area contributed by atoms with Gasteiger partial charge in [-0.15, -0.1) is 0 Å². The smallest absolute Gasteiger partial charge is 0.189 e. The van der Waals surface area contributed by atoms with Crippen molar-refractivity contribution in [3.8, 4) is 6.07 Å². The molecule has 0 spiro atoms. The first-order valence-corrected chi connectivity index (χ1v) is 17.4. The van der Waals surface area contributed by atoms with E-state index in [1.54, 1.807) is 0 Å². The zero-order valence-electron chi connectivity index (χ0n) is 28.7. The SMILES string of the molecule is [C-]#[N+]c1cccc(N2CN(CCN3CN(c4cccc(C#N)c4)C(c4ccccc4)=C3c3ccccc3)C(c3ccccc3)=C2c2ccccc2)c1. The van der Waals surface area contributed by atoms with Gasteiger partial charge in [0.1, 0.15) is 0 Å². The quantitative estimate of drug-likeness (QED) is 0.143. The lowest BCUT2D eigenvalue weighted by molar-refractivity contribution is 0.341. The van der Waals surface area contributed by atoms with Crippen LogP contribution in [0.15, 0.2) is 170 Å². The summed E-state index contributed by atoms with van der Waals surface area (Å²) in [7, 11) is 0. The predicted molar refractivity (Wildman–Crippen MR) is 211 cm³/mol. The summed E-state index contributed by atoms with van der Waals surface area (Å²) in [6, 6.07) is 60.5. The van der Waals surface area contributed by atoms with Crippen LogP contribution in [0.1, 0.15) is 27.8 Å². The number of nitriles is 1. The Labute approximate surface area is 305 Å². The molecule has 0 amide bonds. The third-order valence-corrected chi connectivity index (χ3v) is 9.63. The predicted octanol–water partition coefficient (Wildman–Crippen LogP) is 10.0. The van der Waals surface area contributed by atoms with Crippen molar-refractivity contribution in [1.82, 2.24) is 9.80 Å². The van der Waals surface area contributed by atoms with Crippen molar-refractivity contribution in [3.05, 3.63) is 209 Å². The van der Waals surface area contributed by atoms with E-state index in [1.165, 1.54) is 0 Å². The molecule has 0 aliphatic carbocycles. The Bertz CT molecular complexity index is 2170. The average molecular weight is 673 g/mol. The molecule has 8 rings (SSSR count). The number of anilines is 2. The van der Waals surface area contributed by atoms with E-state index in [4.69, 9.17) is 6.57 Å². The molecule has 0 saturated carbocycles. The minimum absolute atomic E-state index is 0.619. The normalized spacial score (nSPS) is 14.2. The number of benzene rings is 6. The minimum Gasteiger partial charge on any atom is -0.350 e. The first-order chi connectivity index (χ1) is 25.7. The van der Waals surface area contributed by atoms with E-state index in [0.29, 0.717) is 24.6 Å². The Hall–Kier alpha value is -7.02. The summed E-state index contributed by atoms with van der Waals surface area (Å²) in [6.45, 7) is 10.5. The van der Waals surface area contributed by atoms with Crippen LogP contribution in [0, 0.1) is 17.9 Å². The van der Waals surface area contributed by atoms with Crippen LogP contribution in [0.2, 0.25) is 0 Å². The van der Waals surface area contributed by atoms with Crippen LogP contribution >= 0.6 is 0 Å². The van der Waals surface area contributed by atoms with Crippen molar-refractivity contribution in [3.63, 3.8) is 0 Å². The highest BCUT2D eigenvalue weighted by molar-refractivity contribution is 6.00. The molecule has 2 heterocycles. The summed E-state index contributed by atoms with van der Waals surface area (Å²) in [5.74, 6) is 0. The van der Waals surface area contributed by atoms with Crippen molar-refractivity contribution in [2.75, 3.05) is 36.2 Å². The molecule has 0 bridgehead atoms. The summed E-state index contributed by atoms with van der Waals surface area (Å²) < 4.78 is 0. The van der Waals surface area contributed by atoms with Crippen molar-refractivity contribution in [2.45, 2.75) is 0 Å². The molecule has 2 aliphatic rings. The molecule has 250 valence electrons. The highest BCUT2D eigenvalue weighted by Crippen LogP contribution is 2.43. The van der Waals surface area contributed by atoms with E-state index in [9.17, 15) is 5.26 Å². The maximum Gasteiger partial charge on any atom is 0.189 e. The molecule has 52 heavy (non-hydrogen) atoms. The van der Waals surface area contributed by atoms with Crippen molar-refractivity contribution < 1.29 is 0 Å². The van der Waals surface area contributed by atoms with Gasteiger partial charge in [0, 0.05) is 46.7 Å². The van der Waals surface area contributed by atoms with Gasteiger partial charge in [0.05, 0.1) is 54.3 Å². The zero-order chi connectivity index (χ0) is 35.3. The number of nitrogens with zero attached hydrogens (tertiary/aromatic N) is 6. The van der Waals surface area contributed by atoms with Crippen molar-refractivity contribution in [2.24, 2.45) is 0 Å². The molecule has 2 aliphatic heterocycles. The fourth-order valence-electron chi connectivity index (χ4n) is 7.29. The number of rotatable bonds is 9. The molecule has 0 unspecified atom stereocenters. The first-order valence-electron chi connectivity index (χ1n) is 17.4. The van der Waals surface area contributed by atoms with E-state index < -0.39 is 0 Å². The van der Waals surface area contributed by atoms with Crippen LogP contribution in [-0.4, -0.2) is 36.2 Å². The Morgan fingerprint density at radius 2 is 0.885 bits per heavy atom. The summed E-state index contributed by atoms with van der Waals surface area (Å²) in [5, 5.41) is 9.81. The van der Waals surface area contributed by atoms with Crippen LogP contribution in [0.4, 0.5) is 17.1 Å². The monoisotopic (exact) mass is 672 g/mol. The summed E-state index contributed by atoms with van der Waals surface area (Å²) in [4.78, 5) is 13.4. The van der Waals surface area contributed by atoms with E-state index in [2.05, 4.69) is 158 Å². The van der Waals surface area contributed by atoms with Gasteiger partial charge < -0.3 is 19.6 Å². The molecule has 0 N–H and O–H groups in total. The second-order valence-electron chi connectivity index (χ2n) is 12.8. The van der Waals surface area contributed by atoms with E-state index in [1.807, 2.05) is 42.5 Å². The largest absolute Gasteiger partial charge is 0.350 e. The molecule has 0 aromatic heterocycles. The fourth-order valence-corrected chi connectivity index (χ4v) is 7.29. The molecule has 6 heteroatoms. The summed E-state index contributed by atoms with van der Waals surface area (Å²) >= 11 is 0. The van der Waals surface area contributed by atoms with Crippen LogP contribution in [0.3, 0.4) is 0 Å². The van der Waals surface area contributed by atoms with Gasteiger partial charge in [0.25, 0.3) is 0 Å². The Kier molecular flexibility index (Phi) is 8.95. The maximum absolute atomic E-state index is 9.81. The van der Waals surface area contributed by atoms with E-state index >= 15 is 0 Å². The second-order valence-corrected chi connectivity index (χ2v) is 12.8. The molecular formula is C46H36N6. The lowest BCUT2D eigenvalue weighted by atomic mass is 10.0. The van der Waals surface area contributed by atoms with Gasteiger partial charge >= 0.3 is 0 Å². The Balaban J connectivity index is 1.24. The molecular weight excluding hydrogens is 637 g/mol. The maximum atomic E-state index is 9.81. The Morgan fingerprint density at radius 3 is 1.31 bits per heavy atom. The second kappa shape index (κ2) is 14.5. The van der Waals surface area contributed by atoms with Gasteiger partial charge in [-0.3, -0.25) is 0 Å². The van der Waals surface area contributed by atoms with Gasteiger partial charge in [0.2, 0.25) is 0 Å². The Morgan fingerprint density at radius 1 is 0.481 bits per heavy atom. The third-order valence-electron chi connectivity index (χ3n) is 9.63. The van der Waals surface area contributed by atoms with Gasteiger partial charge in [-0.2, -0.15) is 5.26 Å². The van der Waals surface area contributed by atoms with Gasteiger partial charge in [-0.1, -0.05) is 140 Å². The topological polar surface area (TPSA) is 41.1 Å². The number of hydrogen-bond acceptors (Lipinski definition) is 5. The molecule has 0 atom stereocenters. The van der Waals surface area contributed by atoms with Gasteiger partial charge in [0.15, 0.2) is 5.69 Å². The minimum atomic E-state index is 0.619. The van der Waals surface area contributed by atoms with Crippen molar-refractivity contribution >= 4 is 39.9 Å². The molecule has 0 fully saturated rings. The average Bonchev–Trinajstić information content (AvgIpc) is 3.81. The summed E-state index contributed by atoms with van der Waals surface area (Å²) in [6.07, 6.45) is 0. The van der Waals surface area contributed by atoms with Gasteiger partial charge in [-0.05, 0) is 30.3 Å². The lowest BCUT2D eigenvalue weighted by Gasteiger charge is -2.29. The first kappa shape index (κ1) is 32.2. The van der Waals surface area contributed by atoms with E-state index in [-0.39, 0.29) is 0 Å². The highest BCUT2D eigenvalue weighted by atomic mass is 15.4. The summed E-state index contributed by atoms with van der Waals surface area (Å²) in [5.41, 5.74) is 12.3. The van der Waals surface area contributed by atoms with Crippen LogP contribution < -0.4 is 9.80 Å². The fraction of sp³-hybridized carbons (Fsp3) is 0.0870.